The lowest BCUT2D eigenvalue weighted by Crippen LogP contribution is -2.20. The summed E-state index contributed by atoms with van der Waals surface area (Å²) in [6.45, 7) is 4.12. The second-order valence-electron chi connectivity index (χ2n) is 4.75. The minimum atomic E-state index is -0.192. The summed E-state index contributed by atoms with van der Waals surface area (Å²) < 4.78 is 14.9. The van der Waals surface area contributed by atoms with Crippen molar-refractivity contribution in [2.75, 3.05) is 7.05 Å². The van der Waals surface area contributed by atoms with Crippen molar-refractivity contribution in [3.8, 4) is 0 Å². The highest BCUT2D eigenvalue weighted by molar-refractivity contribution is 9.10. The Morgan fingerprint density at radius 1 is 1.05 bits per heavy atom. The van der Waals surface area contributed by atoms with Gasteiger partial charge >= 0.3 is 0 Å². The lowest BCUT2D eigenvalue weighted by molar-refractivity contribution is 0.574. The van der Waals surface area contributed by atoms with Gasteiger partial charge in [0.1, 0.15) is 5.82 Å². The standard InChI is InChI=1S/C16H17BrFN/c1-10-4-6-13(11(2)8-10)16(19-3)14-9-12(17)5-7-15(14)18/h4-9,16,19H,1-3H3. The van der Waals surface area contributed by atoms with Gasteiger partial charge in [-0.1, -0.05) is 39.7 Å². The maximum atomic E-state index is 14.0. The Labute approximate surface area is 122 Å². The van der Waals surface area contributed by atoms with Crippen molar-refractivity contribution >= 4 is 15.9 Å². The number of aryl methyl sites for hydroxylation is 2. The van der Waals surface area contributed by atoms with E-state index in [-0.39, 0.29) is 11.9 Å². The molecule has 0 aliphatic heterocycles. The highest BCUT2D eigenvalue weighted by Gasteiger charge is 2.18. The van der Waals surface area contributed by atoms with E-state index in [0.29, 0.717) is 5.56 Å². The van der Waals surface area contributed by atoms with E-state index >= 15 is 0 Å². The molecular weight excluding hydrogens is 305 g/mol. The van der Waals surface area contributed by atoms with Crippen molar-refractivity contribution in [2.45, 2.75) is 19.9 Å². The van der Waals surface area contributed by atoms with Gasteiger partial charge in [0.25, 0.3) is 0 Å². The molecule has 0 aliphatic rings. The van der Waals surface area contributed by atoms with Gasteiger partial charge in [0.2, 0.25) is 0 Å². The summed E-state index contributed by atoms with van der Waals surface area (Å²) >= 11 is 3.40. The minimum Gasteiger partial charge on any atom is -0.309 e. The molecule has 0 saturated heterocycles. The summed E-state index contributed by atoms with van der Waals surface area (Å²) in [5.74, 6) is -0.192. The molecule has 2 aromatic rings. The highest BCUT2D eigenvalue weighted by atomic mass is 79.9. The molecule has 0 radical (unpaired) electrons. The molecule has 0 amide bonds. The molecular formula is C16H17BrFN. The lowest BCUT2D eigenvalue weighted by atomic mass is 9.93. The summed E-state index contributed by atoms with van der Waals surface area (Å²) in [6, 6.07) is 11.1. The Bertz CT molecular complexity index is 595. The first-order chi connectivity index (χ1) is 9.02. The van der Waals surface area contributed by atoms with Gasteiger partial charge in [-0.05, 0) is 50.2 Å². The molecule has 0 saturated carbocycles. The Kier molecular flexibility index (Phi) is 4.38. The van der Waals surface area contributed by atoms with Crippen molar-refractivity contribution in [1.82, 2.24) is 5.32 Å². The summed E-state index contributed by atoms with van der Waals surface area (Å²) in [5.41, 5.74) is 4.14. The fourth-order valence-corrected chi connectivity index (χ4v) is 2.74. The Balaban J connectivity index is 2.52. The fraction of sp³-hybridized carbons (Fsp3) is 0.250. The normalized spacial score (nSPS) is 12.5. The van der Waals surface area contributed by atoms with E-state index in [1.54, 1.807) is 6.07 Å². The van der Waals surface area contributed by atoms with Gasteiger partial charge in [-0.3, -0.25) is 0 Å². The van der Waals surface area contributed by atoms with E-state index in [2.05, 4.69) is 53.3 Å². The van der Waals surface area contributed by atoms with Crippen LogP contribution in [0, 0.1) is 19.7 Å². The van der Waals surface area contributed by atoms with Crippen molar-refractivity contribution in [3.63, 3.8) is 0 Å². The molecule has 1 nitrogen and oxygen atoms in total. The number of hydrogen-bond donors (Lipinski definition) is 1. The molecule has 2 rings (SSSR count). The SMILES string of the molecule is CNC(c1ccc(C)cc1C)c1cc(Br)ccc1F. The molecule has 0 aromatic heterocycles. The summed E-state index contributed by atoms with van der Waals surface area (Å²) in [5, 5.41) is 3.20. The summed E-state index contributed by atoms with van der Waals surface area (Å²) in [7, 11) is 1.85. The molecule has 0 aliphatic carbocycles. The minimum absolute atomic E-state index is 0.141. The zero-order valence-electron chi connectivity index (χ0n) is 11.3. The van der Waals surface area contributed by atoms with Crippen LogP contribution < -0.4 is 5.32 Å². The number of hydrogen-bond acceptors (Lipinski definition) is 1. The van der Waals surface area contributed by atoms with Gasteiger partial charge in [0.05, 0.1) is 6.04 Å². The van der Waals surface area contributed by atoms with E-state index in [0.717, 1.165) is 10.0 Å². The first kappa shape index (κ1) is 14.2. The van der Waals surface area contributed by atoms with Gasteiger partial charge in [0.15, 0.2) is 0 Å². The first-order valence-corrected chi connectivity index (χ1v) is 7.01. The van der Waals surface area contributed by atoms with Crippen LogP contribution in [-0.4, -0.2) is 7.05 Å². The van der Waals surface area contributed by atoms with Gasteiger partial charge < -0.3 is 5.32 Å². The topological polar surface area (TPSA) is 12.0 Å². The maximum absolute atomic E-state index is 14.0. The lowest BCUT2D eigenvalue weighted by Gasteiger charge is -2.20. The Morgan fingerprint density at radius 2 is 1.79 bits per heavy atom. The second kappa shape index (κ2) is 5.85. The molecule has 0 fully saturated rings. The molecule has 1 atom stereocenters. The van der Waals surface area contributed by atoms with Gasteiger partial charge in [0, 0.05) is 10.0 Å². The highest BCUT2D eigenvalue weighted by Crippen LogP contribution is 2.29. The predicted molar refractivity (Wildman–Crippen MR) is 80.9 cm³/mol. The number of rotatable bonds is 3. The van der Waals surface area contributed by atoms with E-state index in [1.165, 1.54) is 17.2 Å². The Morgan fingerprint density at radius 3 is 2.42 bits per heavy atom. The third kappa shape index (κ3) is 3.04. The van der Waals surface area contributed by atoms with Crippen molar-refractivity contribution in [1.29, 1.82) is 0 Å². The molecule has 0 heterocycles. The van der Waals surface area contributed by atoms with E-state index in [9.17, 15) is 4.39 Å². The van der Waals surface area contributed by atoms with Crippen molar-refractivity contribution in [2.24, 2.45) is 0 Å². The smallest absolute Gasteiger partial charge is 0.128 e. The average Bonchev–Trinajstić information content (AvgIpc) is 2.36. The number of benzene rings is 2. The van der Waals surface area contributed by atoms with E-state index in [4.69, 9.17) is 0 Å². The Hall–Kier alpha value is -1.19. The molecule has 0 spiro atoms. The van der Waals surface area contributed by atoms with Crippen LogP contribution in [0.25, 0.3) is 0 Å². The molecule has 2 aromatic carbocycles. The number of nitrogens with one attached hydrogen (secondary N) is 1. The van der Waals surface area contributed by atoms with Crippen LogP contribution in [-0.2, 0) is 0 Å². The second-order valence-corrected chi connectivity index (χ2v) is 5.66. The zero-order chi connectivity index (χ0) is 14.0. The summed E-state index contributed by atoms with van der Waals surface area (Å²) in [6.07, 6.45) is 0. The monoisotopic (exact) mass is 321 g/mol. The first-order valence-electron chi connectivity index (χ1n) is 6.22. The predicted octanol–water partition coefficient (Wildman–Crippen LogP) is 4.51. The van der Waals surface area contributed by atoms with E-state index in [1.807, 2.05) is 13.1 Å². The van der Waals surface area contributed by atoms with Crippen LogP contribution in [0.2, 0.25) is 0 Å². The maximum Gasteiger partial charge on any atom is 0.128 e. The molecule has 3 heteroatoms. The van der Waals surface area contributed by atoms with Crippen LogP contribution in [0.4, 0.5) is 4.39 Å². The third-order valence-corrected chi connectivity index (χ3v) is 3.79. The number of halogens is 2. The van der Waals surface area contributed by atoms with Gasteiger partial charge in [-0.25, -0.2) is 4.39 Å². The fourth-order valence-electron chi connectivity index (χ4n) is 2.36. The molecule has 1 N–H and O–H groups in total. The van der Waals surface area contributed by atoms with Crippen LogP contribution >= 0.6 is 15.9 Å². The quantitative estimate of drug-likeness (QED) is 0.876. The van der Waals surface area contributed by atoms with Gasteiger partial charge in [-0.15, -0.1) is 0 Å². The van der Waals surface area contributed by atoms with Crippen LogP contribution in [0.5, 0.6) is 0 Å². The summed E-state index contributed by atoms with van der Waals surface area (Å²) in [4.78, 5) is 0. The largest absolute Gasteiger partial charge is 0.309 e. The average molecular weight is 322 g/mol. The van der Waals surface area contributed by atoms with Crippen LogP contribution in [0.1, 0.15) is 28.3 Å². The third-order valence-electron chi connectivity index (χ3n) is 3.29. The molecule has 19 heavy (non-hydrogen) atoms. The van der Waals surface area contributed by atoms with E-state index < -0.39 is 0 Å². The molecule has 100 valence electrons. The van der Waals surface area contributed by atoms with Crippen LogP contribution in [0.3, 0.4) is 0 Å². The van der Waals surface area contributed by atoms with Crippen molar-refractivity contribution in [3.05, 3.63) is 68.9 Å². The van der Waals surface area contributed by atoms with Crippen molar-refractivity contribution < 1.29 is 4.39 Å². The van der Waals surface area contributed by atoms with Gasteiger partial charge in [-0.2, -0.15) is 0 Å². The van der Waals surface area contributed by atoms with Crippen LogP contribution in [0.15, 0.2) is 40.9 Å². The zero-order valence-corrected chi connectivity index (χ0v) is 12.9. The molecule has 1 unspecified atom stereocenters. The molecule has 0 bridgehead atoms.